The molecule has 1 aromatic rings. The summed E-state index contributed by atoms with van der Waals surface area (Å²) in [5.41, 5.74) is -0.0267. The first-order valence-corrected chi connectivity index (χ1v) is 6.92. The van der Waals surface area contributed by atoms with Gasteiger partial charge in [-0.25, -0.2) is 14.0 Å². The maximum Gasteiger partial charge on any atom is 0.338 e. The number of carboxylic acids is 1. The largest absolute Gasteiger partial charge is 0.478 e. The Morgan fingerprint density at radius 2 is 2.05 bits per heavy atom. The van der Waals surface area contributed by atoms with Crippen LogP contribution < -0.4 is 10.6 Å². The number of urea groups is 1. The molecular weight excluding hydrogens is 275 g/mol. The molecule has 3 N–H and O–H groups in total. The van der Waals surface area contributed by atoms with Gasteiger partial charge in [-0.15, -0.1) is 0 Å². The van der Waals surface area contributed by atoms with Gasteiger partial charge in [0.1, 0.15) is 5.82 Å². The van der Waals surface area contributed by atoms with Crippen LogP contribution in [0.5, 0.6) is 0 Å². The van der Waals surface area contributed by atoms with Crippen LogP contribution in [0.1, 0.15) is 37.0 Å². The number of carbonyl (C=O) groups is 2. The van der Waals surface area contributed by atoms with Crippen LogP contribution in [0.3, 0.4) is 0 Å². The zero-order valence-corrected chi connectivity index (χ0v) is 12.1. The van der Waals surface area contributed by atoms with Gasteiger partial charge in [0.05, 0.1) is 5.56 Å². The van der Waals surface area contributed by atoms with E-state index in [4.69, 9.17) is 5.11 Å². The van der Waals surface area contributed by atoms with Gasteiger partial charge in [-0.2, -0.15) is 0 Å². The Morgan fingerprint density at radius 3 is 2.57 bits per heavy atom. The lowest BCUT2D eigenvalue weighted by molar-refractivity contribution is 0.0692. The molecule has 1 saturated carbocycles. The van der Waals surface area contributed by atoms with Gasteiger partial charge in [0.2, 0.25) is 0 Å². The number of rotatable bonds is 5. The van der Waals surface area contributed by atoms with Crippen molar-refractivity contribution in [3.63, 3.8) is 0 Å². The van der Waals surface area contributed by atoms with Crippen molar-refractivity contribution in [2.24, 2.45) is 11.3 Å². The highest BCUT2D eigenvalue weighted by Crippen LogP contribution is 2.51. The van der Waals surface area contributed by atoms with Crippen molar-refractivity contribution >= 4 is 17.7 Å². The zero-order valence-electron chi connectivity index (χ0n) is 12.1. The number of hydrogen-bond donors (Lipinski definition) is 3. The molecule has 5 nitrogen and oxygen atoms in total. The maximum absolute atomic E-state index is 13.3. The molecule has 0 aliphatic heterocycles. The van der Waals surface area contributed by atoms with Crippen molar-refractivity contribution in [3.8, 4) is 0 Å². The topological polar surface area (TPSA) is 78.4 Å². The quantitative estimate of drug-likeness (QED) is 0.781. The summed E-state index contributed by atoms with van der Waals surface area (Å²) < 4.78 is 13.3. The highest BCUT2D eigenvalue weighted by atomic mass is 19.1. The van der Waals surface area contributed by atoms with Gasteiger partial charge in [0.25, 0.3) is 0 Å². The Kier molecular flexibility index (Phi) is 4.16. The second-order valence-electron chi connectivity index (χ2n) is 5.82. The van der Waals surface area contributed by atoms with Crippen LogP contribution >= 0.6 is 0 Å². The molecule has 1 aromatic carbocycles. The predicted molar refractivity (Wildman–Crippen MR) is 76.9 cm³/mol. The average Bonchev–Trinajstić information content (AvgIpc) is 3.19. The molecular formula is C15H19FN2O3. The smallest absolute Gasteiger partial charge is 0.338 e. The number of nitrogens with one attached hydrogen (secondary N) is 2. The molecule has 1 aliphatic carbocycles. The van der Waals surface area contributed by atoms with E-state index in [-0.39, 0.29) is 11.1 Å². The Balaban J connectivity index is 1.94. The van der Waals surface area contributed by atoms with Gasteiger partial charge in [-0.3, -0.25) is 0 Å². The van der Waals surface area contributed by atoms with Crippen LogP contribution in [0.25, 0.3) is 0 Å². The summed E-state index contributed by atoms with van der Waals surface area (Å²) in [6.45, 7) is 4.85. The van der Waals surface area contributed by atoms with Crippen molar-refractivity contribution in [2.75, 3.05) is 11.9 Å². The molecule has 0 saturated heterocycles. The Bertz CT molecular complexity index is 568. The normalized spacial score (nSPS) is 15.6. The summed E-state index contributed by atoms with van der Waals surface area (Å²) in [5.74, 6) is -1.69. The molecule has 0 spiro atoms. The second kappa shape index (κ2) is 5.71. The summed E-state index contributed by atoms with van der Waals surface area (Å²) in [5, 5.41) is 14.1. The van der Waals surface area contributed by atoms with Crippen LogP contribution in [0.15, 0.2) is 18.2 Å². The van der Waals surface area contributed by atoms with E-state index < -0.39 is 23.4 Å². The van der Waals surface area contributed by atoms with E-state index in [2.05, 4.69) is 24.5 Å². The molecule has 1 aliphatic rings. The summed E-state index contributed by atoms with van der Waals surface area (Å²) in [6.07, 6.45) is 2.20. The molecule has 114 valence electrons. The van der Waals surface area contributed by atoms with Crippen molar-refractivity contribution in [1.29, 1.82) is 0 Å². The van der Waals surface area contributed by atoms with Gasteiger partial charge >= 0.3 is 12.0 Å². The molecule has 0 unspecified atom stereocenters. The monoisotopic (exact) mass is 294 g/mol. The Hall–Kier alpha value is -2.11. The van der Waals surface area contributed by atoms with E-state index >= 15 is 0 Å². The fourth-order valence-corrected chi connectivity index (χ4v) is 2.32. The van der Waals surface area contributed by atoms with Crippen molar-refractivity contribution < 1.29 is 19.1 Å². The van der Waals surface area contributed by atoms with E-state index in [1.807, 2.05) is 0 Å². The predicted octanol–water partition coefficient (Wildman–Crippen LogP) is 3.08. The molecule has 0 aromatic heterocycles. The van der Waals surface area contributed by atoms with E-state index in [0.717, 1.165) is 25.0 Å². The number of carboxylic acid groups (broad SMARTS) is 1. The van der Waals surface area contributed by atoms with Gasteiger partial charge in [0, 0.05) is 12.2 Å². The number of amides is 2. The molecule has 6 heteroatoms. The van der Waals surface area contributed by atoms with Crippen molar-refractivity contribution in [1.82, 2.24) is 5.32 Å². The van der Waals surface area contributed by atoms with E-state index in [9.17, 15) is 14.0 Å². The lowest BCUT2D eigenvalue weighted by Crippen LogP contribution is -2.35. The van der Waals surface area contributed by atoms with Crippen LogP contribution in [0.4, 0.5) is 14.9 Å². The third kappa shape index (κ3) is 3.51. The van der Waals surface area contributed by atoms with E-state index in [0.29, 0.717) is 12.5 Å². The number of carbonyl (C=O) groups excluding carboxylic acids is 1. The lowest BCUT2D eigenvalue weighted by atomic mass is 9.92. The number of hydrogen-bond acceptors (Lipinski definition) is 2. The van der Waals surface area contributed by atoms with E-state index in [1.54, 1.807) is 0 Å². The van der Waals surface area contributed by atoms with Crippen LogP contribution in [-0.4, -0.2) is 23.7 Å². The van der Waals surface area contributed by atoms with Crippen molar-refractivity contribution in [3.05, 3.63) is 29.6 Å². The second-order valence-corrected chi connectivity index (χ2v) is 5.82. The zero-order chi connectivity index (χ0) is 15.6. The third-order valence-corrected chi connectivity index (χ3v) is 4.17. The Labute approximate surface area is 122 Å². The first kappa shape index (κ1) is 15.3. The van der Waals surface area contributed by atoms with Gasteiger partial charge < -0.3 is 15.7 Å². The summed E-state index contributed by atoms with van der Waals surface area (Å²) in [4.78, 5) is 22.6. The van der Waals surface area contributed by atoms with Crippen LogP contribution in [0.2, 0.25) is 0 Å². The standard InChI is InChI=1S/C15H19FN2O3/c1-9(2)15(5-6-15)8-17-14(21)18-10-3-4-12(16)11(7-10)13(19)20/h3-4,7,9H,5-6,8H2,1-2H3,(H,19,20)(H2,17,18,21). The van der Waals surface area contributed by atoms with Crippen LogP contribution in [0, 0.1) is 17.2 Å². The molecule has 0 atom stereocenters. The first-order valence-electron chi connectivity index (χ1n) is 6.92. The molecule has 0 heterocycles. The molecule has 0 radical (unpaired) electrons. The molecule has 0 bridgehead atoms. The van der Waals surface area contributed by atoms with Gasteiger partial charge in [-0.1, -0.05) is 13.8 Å². The van der Waals surface area contributed by atoms with Crippen molar-refractivity contribution in [2.45, 2.75) is 26.7 Å². The Morgan fingerprint density at radius 1 is 1.38 bits per heavy atom. The minimum absolute atomic E-state index is 0.187. The fraction of sp³-hybridized carbons (Fsp3) is 0.467. The third-order valence-electron chi connectivity index (χ3n) is 4.17. The van der Waals surface area contributed by atoms with E-state index in [1.165, 1.54) is 6.07 Å². The van der Waals surface area contributed by atoms with Crippen LogP contribution in [-0.2, 0) is 0 Å². The summed E-state index contributed by atoms with van der Waals surface area (Å²) >= 11 is 0. The number of halogens is 1. The minimum atomic E-state index is -1.37. The summed E-state index contributed by atoms with van der Waals surface area (Å²) in [6, 6.07) is 3.05. The SMILES string of the molecule is CC(C)C1(CNC(=O)Nc2ccc(F)c(C(=O)O)c2)CC1. The fourth-order valence-electron chi connectivity index (χ4n) is 2.32. The van der Waals surface area contributed by atoms with Gasteiger partial charge in [-0.05, 0) is 42.4 Å². The minimum Gasteiger partial charge on any atom is -0.478 e. The summed E-state index contributed by atoms with van der Waals surface area (Å²) in [7, 11) is 0. The molecule has 2 rings (SSSR count). The highest BCUT2D eigenvalue weighted by molar-refractivity contribution is 5.93. The molecule has 21 heavy (non-hydrogen) atoms. The average molecular weight is 294 g/mol. The lowest BCUT2D eigenvalue weighted by Gasteiger charge is -2.20. The maximum atomic E-state index is 13.3. The number of benzene rings is 1. The molecule has 2 amide bonds. The van der Waals surface area contributed by atoms with Gasteiger partial charge in [0.15, 0.2) is 0 Å². The number of aromatic carboxylic acids is 1. The first-order chi connectivity index (χ1) is 9.84. The number of anilines is 1. The highest BCUT2D eigenvalue weighted by Gasteiger charge is 2.45. The molecule has 1 fully saturated rings.